The lowest BCUT2D eigenvalue weighted by Crippen LogP contribution is -1.93. The minimum Gasteiger partial charge on any atom is -0.497 e. The molecule has 0 unspecified atom stereocenters. The number of ether oxygens (including phenoxy) is 1. The van der Waals surface area contributed by atoms with E-state index in [0.717, 1.165) is 21.4 Å². The summed E-state index contributed by atoms with van der Waals surface area (Å²) >= 11 is 1.62. The standard InChI is InChI=1S/C12H15N3OS/c1-8-4-12(15(2)14-8)17-11-6-9(13)5-10(7-11)16-3/h4-7H,13H2,1-3H3. The second kappa shape index (κ2) is 4.71. The average molecular weight is 249 g/mol. The van der Waals surface area contributed by atoms with Crippen LogP contribution in [0.1, 0.15) is 5.69 Å². The summed E-state index contributed by atoms with van der Waals surface area (Å²) < 4.78 is 7.05. The van der Waals surface area contributed by atoms with Gasteiger partial charge in [-0.25, -0.2) is 0 Å². The van der Waals surface area contributed by atoms with Crippen LogP contribution in [0, 0.1) is 6.92 Å². The van der Waals surface area contributed by atoms with E-state index in [0.29, 0.717) is 5.69 Å². The number of nitrogen functional groups attached to an aromatic ring is 1. The predicted molar refractivity (Wildman–Crippen MR) is 69.5 cm³/mol. The molecule has 0 radical (unpaired) electrons. The summed E-state index contributed by atoms with van der Waals surface area (Å²) in [7, 11) is 3.57. The van der Waals surface area contributed by atoms with Crippen molar-refractivity contribution in [3.63, 3.8) is 0 Å². The van der Waals surface area contributed by atoms with E-state index in [2.05, 4.69) is 5.10 Å². The van der Waals surface area contributed by atoms with Crippen molar-refractivity contribution < 1.29 is 4.74 Å². The summed E-state index contributed by atoms with van der Waals surface area (Å²) in [5.41, 5.74) is 7.52. The van der Waals surface area contributed by atoms with Gasteiger partial charge in [0, 0.05) is 23.7 Å². The maximum Gasteiger partial charge on any atom is 0.122 e. The van der Waals surface area contributed by atoms with E-state index in [1.54, 1.807) is 24.9 Å². The van der Waals surface area contributed by atoms with E-state index < -0.39 is 0 Å². The van der Waals surface area contributed by atoms with Gasteiger partial charge in [-0.1, -0.05) is 11.8 Å². The summed E-state index contributed by atoms with van der Waals surface area (Å²) in [5.74, 6) is 0.770. The van der Waals surface area contributed by atoms with Gasteiger partial charge in [0.1, 0.15) is 5.75 Å². The Labute approximate surface area is 105 Å². The first-order chi connectivity index (χ1) is 8.08. The van der Waals surface area contributed by atoms with E-state index in [1.807, 2.05) is 36.9 Å². The van der Waals surface area contributed by atoms with Crippen LogP contribution in [0.3, 0.4) is 0 Å². The number of methoxy groups -OCH3 is 1. The first-order valence-corrected chi connectivity index (χ1v) is 6.03. The van der Waals surface area contributed by atoms with Crippen LogP contribution in [0.5, 0.6) is 5.75 Å². The summed E-state index contributed by atoms with van der Waals surface area (Å²) in [6, 6.07) is 7.73. The van der Waals surface area contributed by atoms with Crippen molar-refractivity contribution in [2.45, 2.75) is 16.8 Å². The average Bonchev–Trinajstić information content (AvgIpc) is 2.56. The van der Waals surface area contributed by atoms with Gasteiger partial charge < -0.3 is 10.5 Å². The van der Waals surface area contributed by atoms with Crippen molar-refractivity contribution >= 4 is 17.4 Å². The third-order valence-electron chi connectivity index (χ3n) is 2.32. The summed E-state index contributed by atoms with van der Waals surface area (Å²) in [6.07, 6.45) is 0. The fourth-order valence-electron chi connectivity index (χ4n) is 1.57. The SMILES string of the molecule is COc1cc(N)cc(Sc2cc(C)nn2C)c1. The van der Waals surface area contributed by atoms with E-state index in [9.17, 15) is 0 Å². The molecule has 17 heavy (non-hydrogen) atoms. The zero-order chi connectivity index (χ0) is 12.4. The zero-order valence-corrected chi connectivity index (χ0v) is 10.9. The van der Waals surface area contributed by atoms with Gasteiger partial charge in [0.25, 0.3) is 0 Å². The topological polar surface area (TPSA) is 53.1 Å². The van der Waals surface area contributed by atoms with Gasteiger partial charge in [-0.3, -0.25) is 4.68 Å². The second-order valence-electron chi connectivity index (χ2n) is 3.79. The van der Waals surface area contributed by atoms with Crippen molar-refractivity contribution in [3.05, 3.63) is 30.0 Å². The Kier molecular flexibility index (Phi) is 3.28. The smallest absolute Gasteiger partial charge is 0.122 e. The molecule has 0 saturated carbocycles. The normalized spacial score (nSPS) is 10.5. The van der Waals surface area contributed by atoms with E-state index in [4.69, 9.17) is 10.5 Å². The molecule has 2 N–H and O–H groups in total. The van der Waals surface area contributed by atoms with Crippen LogP contribution in [-0.4, -0.2) is 16.9 Å². The van der Waals surface area contributed by atoms with Gasteiger partial charge >= 0.3 is 0 Å². The van der Waals surface area contributed by atoms with Crippen LogP contribution < -0.4 is 10.5 Å². The highest BCUT2D eigenvalue weighted by atomic mass is 32.2. The van der Waals surface area contributed by atoms with Crippen LogP contribution in [0.15, 0.2) is 34.2 Å². The van der Waals surface area contributed by atoms with E-state index in [-0.39, 0.29) is 0 Å². The Morgan fingerprint density at radius 2 is 2.06 bits per heavy atom. The summed E-state index contributed by atoms with van der Waals surface area (Å²) in [5, 5.41) is 5.38. The molecule has 5 heteroatoms. The molecule has 0 aliphatic heterocycles. The molecule has 1 heterocycles. The Balaban J connectivity index is 2.29. The first-order valence-electron chi connectivity index (χ1n) is 5.21. The minimum atomic E-state index is 0.700. The molecule has 0 amide bonds. The number of aryl methyl sites for hydroxylation is 2. The van der Waals surface area contributed by atoms with Crippen LogP contribution in [0.25, 0.3) is 0 Å². The van der Waals surface area contributed by atoms with Gasteiger partial charge in [0.2, 0.25) is 0 Å². The quantitative estimate of drug-likeness (QED) is 0.849. The number of nitrogens with zero attached hydrogens (tertiary/aromatic N) is 2. The van der Waals surface area contributed by atoms with Crippen molar-refractivity contribution in [2.24, 2.45) is 7.05 Å². The zero-order valence-electron chi connectivity index (χ0n) is 10.1. The number of nitrogens with two attached hydrogens (primary N) is 1. The maximum absolute atomic E-state index is 5.82. The lowest BCUT2D eigenvalue weighted by atomic mass is 10.3. The molecule has 1 aromatic heterocycles. The Hall–Kier alpha value is -1.62. The molecule has 0 bridgehead atoms. The van der Waals surface area contributed by atoms with Crippen LogP contribution in [0.4, 0.5) is 5.69 Å². The van der Waals surface area contributed by atoms with Crippen LogP contribution in [0.2, 0.25) is 0 Å². The van der Waals surface area contributed by atoms with Crippen molar-refractivity contribution in [1.82, 2.24) is 9.78 Å². The Morgan fingerprint density at radius 3 is 2.65 bits per heavy atom. The fraction of sp³-hybridized carbons (Fsp3) is 0.250. The second-order valence-corrected chi connectivity index (χ2v) is 4.89. The third kappa shape index (κ3) is 2.74. The number of benzene rings is 1. The number of hydrogen-bond donors (Lipinski definition) is 1. The van der Waals surface area contributed by atoms with Gasteiger partial charge in [-0.15, -0.1) is 0 Å². The lowest BCUT2D eigenvalue weighted by Gasteiger charge is -2.06. The van der Waals surface area contributed by atoms with Gasteiger partial charge in [0.05, 0.1) is 17.8 Å². The van der Waals surface area contributed by atoms with Gasteiger partial charge in [0.15, 0.2) is 0 Å². The van der Waals surface area contributed by atoms with Crippen LogP contribution >= 0.6 is 11.8 Å². The molecule has 0 spiro atoms. The molecule has 0 saturated heterocycles. The van der Waals surface area contributed by atoms with E-state index >= 15 is 0 Å². The Morgan fingerprint density at radius 1 is 1.29 bits per heavy atom. The number of aromatic nitrogens is 2. The summed E-state index contributed by atoms with van der Waals surface area (Å²) in [4.78, 5) is 1.05. The third-order valence-corrected chi connectivity index (χ3v) is 3.38. The highest BCUT2D eigenvalue weighted by molar-refractivity contribution is 7.99. The van der Waals surface area contributed by atoms with Gasteiger partial charge in [-0.2, -0.15) is 5.10 Å². The molecule has 2 rings (SSSR count). The highest BCUT2D eigenvalue weighted by Crippen LogP contribution is 2.32. The van der Waals surface area contributed by atoms with Crippen molar-refractivity contribution in [2.75, 3.05) is 12.8 Å². The number of rotatable bonds is 3. The molecular weight excluding hydrogens is 234 g/mol. The largest absolute Gasteiger partial charge is 0.497 e. The van der Waals surface area contributed by atoms with Crippen molar-refractivity contribution in [3.8, 4) is 5.75 Å². The predicted octanol–water partition coefficient (Wildman–Crippen LogP) is 2.47. The Bertz CT molecular complexity index is 537. The maximum atomic E-state index is 5.82. The summed E-state index contributed by atoms with van der Waals surface area (Å²) in [6.45, 7) is 1.98. The van der Waals surface area contributed by atoms with E-state index in [1.165, 1.54) is 0 Å². The molecule has 2 aromatic rings. The van der Waals surface area contributed by atoms with Gasteiger partial charge in [-0.05, 0) is 25.1 Å². The highest BCUT2D eigenvalue weighted by Gasteiger charge is 2.06. The fourth-order valence-corrected chi connectivity index (χ4v) is 2.59. The molecule has 0 aliphatic carbocycles. The molecule has 0 fully saturated rings. The molecule has 1 aromatic carbocycles. The lowest BCUT2D eigenvalue weighted by molar-refractivity contribution is 0.414. The minimum absolute atomic E-state index is 0.700. The van der Waals surface area contributed by atoms with Crippen LogP contribution in [-0.2, 0) is 7.05 Å². The monoisotopic (exact) mass is 249 g/mol. The number of hydrogen-bond acceptors (Lipinski definition) is 4. The number of anilines is 1. The molecular formula is C12H15N3OS. The molecule has 4 nitrogen and oxygen atoms in total. The van der Waals surface area contributed by atoms with Crippen molar-refractivity contribution in [1.29, 1.82) is 0 Å². The molecule has 90 valence electrons. The first kappa shape index (κ1) is 11.9. The molecule has 0 atom stereocenters. The molecule has 0 aliphatic rings.